The zero-order valence-electron chi connectivity index (χ0n) is 26.0. The fourth-order valence-corrected chi connectivity index (χ4v) is 5.34. The number of aryl methyl sites for hydroxylation is 1. The third kappa shape index (κ3) is 8.10. The number of alkyl halides is 3. The summed E-state index contributed by atoms with van der Waals surface area (Å²) >= 11 is 0. The van der Waals surface area contributed by atoms with Gasteiger partial charge in [0, 0.05) is 64.2 Å². The van der Waals surface area contributed by atoms with Crippen molar-refractivity contribution in [3.63, 3.8) is 0 Å². The lowest BCUT2D eigenvalue weighted by atomic mass is 10.0. The van der Waals surface area contributed by atoms with E-state index < -0.39 is 46.7 Å². The molecule has 0 aliphatic carbocycles. The molecule has 0 radical (unpaired) electrons. The van der Waals surface area contributed by atoms with E-state index in [1.165, 1.54) is 26.1 Å². The van der Waals surface area contributed by atoms with Crippen molar-refractivity contribution >= 4 is 29.0 Å². The molecule has 1 atom stereocenters. The van der Waals surface area contributed by atoms with Gasteiger partial charge < -0.3 is 29.7 Å². The van der Waals surface area contributed by atoms with E-state index in [2.05, 4.69) is 10.3 Å². The van der Waals surface area contributed by atoms with Gasteiger partial charge in [0.2, 0.25) is 11.8 Å². The van der Waals surface area contributed by atoms with Crippen LogP contribution in [0.25, 0.3) is 0 Å². The van der Waals surface area contributed by atoms with Gasteiger partial charge in [-0.05, 0) is 46.0 Å². The summed E-state index contributed by atoms with van der Waals surface area (Å²) in [6, 6.07) is 2.88. The van der Waals surface area contributed by atoms with Crippen molar-refractivity contribution in [1.29, 1.82) is 5.26 Å². The number of rotatable bonds is 10. The molecule has 0 spiro atoms. The summed E-state index contributed by atoms with van der Waals surface area (Å²) in [6.45, 7) is 3.54. The van der Waals surface area contributed by atoms with Gasteiger partial charge in [0.15, 0.2) is 5.82 Å². The Morgan fingerprint density at radius 2 is 1.96 bits per heavy atom. The second-order valence-corrected chi connectivity index (χ2v) is 11.5. The number of amides is 2. The second-order valence-electron chi connectivity index (χ2n) is 11.5. The van der Waals surface area contributed by atoms with Crippen LogP contribution in [0, 0.1) is 29.9 Å². The number of halogens is 5. The molecule has 46 heavy (non-hydrogen) atoms. The third-order valence-electron chi connectivity index (χ3n) is 7.69. The quantitative estimate of drug-likeness (QED) is 0.235. The monoisotopic (exact) mass is 649 g/mol. The van der Waals surface area contributed by atoms with Gasteiger partial charge >= 0.3 is 6.18 Å². The highest BCUT2D eigenvalue weighted by atomic mass is 19.4. The molecule has 1 aromatic carbocycles. The molecule has 2 aromatic rings. The average molecular weight is 650 g/mol. The summed E-state index contributed by atoms with van der Waals surface area (Å²) in [5.74, 6) is -3.03. The lowest BCUT2D eigenvalue weighted by Crippen LogP contribution is -2.54. The van der Waals surface area contributed by atoms with Crippen molar-refractivity contribution < 1.29 is 36.3 Å². The van der Waals surface area contributed by atoms with E-state index in [0.29, 0.717) is 38.7 Å². The summed E-state index contributed by atoms with van der Waals surface area (Å²) in [4.78, 5) is 36.1. The van der Waals surface area contributed by atoms with E-state index in [1.54, 1.807) is 15.9 Å². The molecule has 2 amide bonds. The van der Waals surface area contributed by atoms with Crippen LogP contribution in [0.1, 0.15) is 29.7 Å². The van der Waals surface area contributed by atoms with Crippen molar-refractivity contribution in [3.8, 4) is 6.07 Å². The van der Waals surface area contributed by atoms with Crippen molar-refractivity contribution in [2.24, 2.45) is 0 Å². The zero-order chi connectivity index (χ0) is 33.8. The number of hydrogen-bond acceptors (Lipinski definition) is 8. The predicted molar refractivity (Wildman–Crippen MR) is 161 cm³/mol. The van der Waals surface area contributed by atoms with Gasteiger partial charge in [-0.1, -0.05) is 6.08 Å². The van der Waals surface area contributed by atoms with E-state index in [-0.39, 0.29) is 48.6 Å². The summed E-state index contributed by atoms with van der Waals surface area (Å²) in [6.07, 6.45) is -1.20. The highest BCUT2D eigenvalue weighted by Gasteiger charge is 2.37. The standard InChI is InChI=1S/C31H36F5N7O3/c1-19-13-23(31(34,35)36)22(16-37)29(38-19)39-25-8-11-42(26-15-20(32)14-24(33)28(26)41(4)30(25)45)10-6-12-46-21-17-43(18-21)27(44)7-5-9-40(2)3/h5,7,13-15,21,25H,6,8-12,17-18H2,1-4H3,(H,38,39)/b7-5+/t25-/m0/s1. The number of nitriles is 1. The number of aromatic nitrogens is 1. The molecule has 1 saturated heterocycles. The summed E-state index contributed by atoms with van der Waals surface area (Å²) < 4.78 is 76.5. The Morgan fingerprint density at radius 3 is 2.61 bits per heavy atom. The first-order valence-corrected chi connectivity index (χ1v) is 14.7. The smallest absolute Gasteiger partial charge is 0.374 e. The molecule has 15 heteroatoms. The van der Waals surface area contributed by atoms with Crippen LogP contribution in [-0.2, 0) is 20.5 Å². The van der Waals surface area contributed by atoms with Gasteiger partial charge in [-0.15, -0.1) is 0 Å². The number of hydrogen-bond donors (Lipinski definition) is 1. The highest BCUT2D eigenvalue weighted by Crippen LogP contribution is 2.37. The van der Waals surface area contributed by atoms with Crippen molar-refractivity contribution in [2.75, 3.05) is 75.6 Å². The maximum Gasteiger partial charge on any atom is 0.417 e. The number of carbonyl (C=O) groups is 2. The molecule has 2 aliphatic rings. The Bertz CT molecular complexity index is 1520. The first kappa shape index (κ1) is 34.6. The van der Waals surface area contributed by atoms with Crippen LogP contribution in [-0.4, -0.2) is 99.2 Å². The molecule has 0 bridgehead atoms. The molecular weight excluding hydrogens is 613 g/mol. The molecule has 1 aromatic heterocycles. The Kier molecular flexibility index (Phi) is 10.8. The van der Waals surface area contributed by atoms with Gasteiger partial charge in [0.25, 0.3) is 0 Å². The maximum atomic E-state index is 15.2. The number of nitrogens with one attached hydrogen (secondary N) is 1. The molecule has 1 fully saturated rings. The fourth-order valence-electron chi connectivity index (χ4n) is 5.34. The van der Waals surface area contributed by atoms with Crippen LogP contribution in [0.5, 0.6) is 0 Å². The number of likely N-dealkylation sites (N-methyl/N-ethyl adjacent to an activating group) is 2. The summed E-state index contributed by atoms with van der Waals surface area (Å²) in [5.41, 5.74) is -2.02. The van der Waals surface area contributed by atoms with Gasteiger partial charge in [0.1, 0.15) is 35.0 Å². The van der Waals surface area contributed by atoms with Crippen LogP contribution >= 0.6 is 0 Å². The molecule has 1 N–H and O–H groups in total. The highest BCUT2D eigenvalue weighted by molar-refractivity contribution is 6.01. The Balaban J connectivity index is 1.46. The Morgan fingerprint density at radius 1 is 1.24 bits per heavy atom. The lowest BCUT2D eigenvalue weighted by molar-refractivity contribution is -0.139. The van der Waals surface area contributed by atoms with Crippen LogP contribution in [0.3, 0.4) is 0 Å². The fraction of sp³-hybridized carbons (Fsp3) is 0.484. The Labute approximate surface area is 264 Å². The summed E-state index contributed by atoms with van der Waals surface area (Å²) in [5, 5.41) is 12.3. The van der Waals surface area contributed by atoms with E-state index in [1.807, 2.05) is 19.0 Å². The zero-order valence-corrected chi connectivity index (χ0v) is 26.0. The number of nitrogens with zero attached hydrogens (tertiary/aromatic N) is 6. The van der Waals surface area contributed by atoms with Crippen molar-refractivity contribution in [1.82, 2.24) is 14.8 Å². The molecule has 3 heterocycles. The van der Waals surface area contributed by atoms with Crippen molar-refractivity contribution in [3.05, 3.63) is 58.8 Å². The first-order chi connectivity index (χ1) is 21.7. The number of ether oxygens (including phenoxy) is 1. The normalized spacial score (nSPS) is 17.5. The van der Waals surface area contributed by atoms with Crippen LogP contribution in [0.15, 0.2) is 30.4 Å². The maximum absolute atomic E-state index is 15.2. The minimum atomic E-state index is -4.84. The van der Waals surface area contributed by atoms with Gasteiger partial charge in [-0.3, -0.25) is 9.59 Å². The van der Waals surface area contributed by atoms with E-state index >= 15 is 4.39 Å². The number of fused-ring (bicyclic) bond motifs is 1. The van der Waals surface area contributed by atoms with Crippen LogP contribution in [0.2, 0.25) is 0 Å². The van der Waals surface area contributed by atoms with Gasteiger partial charge in [-0.25, -0.2) is 13.8 Å². The molecule has 0 unspecified atom stereocenters. The molecular formula is C31H36F5N7O3. The molecule has 0 saturated carbocycles. The summed E-state index contributed by atoms with van der Waals surface area (Å²) in [7, 11) is 5.09. The minimum absolute atomic E-state index is 0.0183. The second kappa shape index (κ2) is 14.4. The van der Waals surface area contributed by atoms with Crippen molar-refractivity contribution in [2.45, 2.75) is 38.1 Å². The van der Waals surface area contributed by atoms with E-state index in [4.69, 9.17) is 4.74 Å². The minimum Gasteiger partial charge on any atom is -0.374 e. The number of carbonyl (C=O) groups excluding carboxylic acids is 2. The number of benzene rings is 1. The number of likely N-dealkylation sites (tertiary alicyclic amines) is 1. The number of pyridine rings is 1. The largest absolute Gasteiger partial charge is 0.417 e. The third-order valence-corrected chi connectivity index (χ3v) is 7.69. The van der Waals surface area contributed by atoms with Gasteiger partial charge in [-0.2, -0.15) is 18.4 Å². The average Bonchev–Trinajstić information content (AvgIpc) is 2.94. The first-order valence-electron chi connectivity index (χ1n) is 14.7. The van der Waals surface area contributed by atoms with Gasteiger partial charge in [0.05, 0.1) is 17.4 Å². The molecule has 248 valence electrons. The molecule has 10 nitrogen and oxygen atoms in total. The van der Waals surface area contributed by atoms with E-state index in [0.717, 1.165) is 17.0 Å². The molecule has 2 aliphatic heterocycles. The lowest BCUT2D eigenvalue weighted by Gasteiger charge is -2.38. The van der Waals surface area contributed by atoms with Crippen LogP contribution in [0.4, 0.5) is 39.1 Å². The number of anilines is 3. The molecule has 4 rings (SSSR count). The topological polar surface area (TPSA) is 105 Å². The van der Waals surface area contributed by atoms with E-state index in [9.17, 15) is 32.4 Å². The Hall–Kier alpha value is -4.29. The van der Waals surface area contributed by atoms with Crippen LogP contribution < -0.4 is 15.1 Å². The predicted octanol–water partition coefficient (Wildman–Crippen LogP) is 3.95. The SMILES string of the molecule is Cc1cc(C(F)(F)F)c(C#N)c(N[C@H]2CCN(CCCOC3CN(C(=O)/C=C/CN(C)C)C3)c3cc(F)cc(F)c3N(C)C2=O)n1.